The van der Waals surface area contributed by atoms with Crippen LogP contribution in [0.5, 0.6) is 0 Å². The van der Waals surface area contributed by atoms with Crippen LogP contribution in [0.25, 0.3) is 0 Å². The standard InChI is InChI=1S/C16H32N4O/c1-13(2)8-20-9-14(18-19-20)16(5,6)12-21-11-15(3,4)10-17-7/h9,13,17H,8,10-12H2,1-7H3. The van der Waals surface area contributed by atoms with Crippen molar-refractivity contribution in [3.05, 3.63) is 11.9 Å². The minimum absolute atomic E-state index is 0.120. The van der Waals surface area contributed by atoms with Gasteiger partial charge in [-0.3, -0.25) is 4.68 Å². The molecule has 0 spiro atoms. The lowest BCUT2D eigenvalue weighted by atomic mass is 9.90. The molecule has 0 aliphatic rings. The van der Waals surface area contributed by atoms with Crippen molar-refractivity contribution in [1.29, 1.82) is 0 Å². The Kier molecular flexibility index (Phi) is 6.35. The summed E-state index contributed by atoms with van der Waals surface area (Å²) < 4.78 is 7.87. The molecule has 0 fully saturated rings. The highest BCUT2D eigenvalue weighted by Gasteiger charge is 2.26. The second kappa shape index (κ2) is 7.36. The lowest BCUT2D eigenvalue weighted by Gasteiger charge is -2.27. The lowest BCUT2D eigenvalue weighted by molar-refractivity contribution is 0.0369. The van der Waals surface area contributed by atoms with Crippen molar-refractivity contribution >= 4 is 0 Å². The Bertz CT molecular complexity index is 424. The molecule has 1 aromatic heterocycles. The Balaban J connectivity index is 2.54. The smallest absolute Gasteiger partial charge is 0.0906 e. The molecular weight excluding hydrogens is 264 g/mol. The third-order valence-electron chi connectivity index (χ3n) is 3.40. The molecule has 0 saturated carbocycles. The predicted octanol–water partition coefficient (Wildman–Crippen LogP) is 2.47. The summed E-state index contributed by atoms with van der Waals surface area (Å²) in [5.74, 6) is 0.571. The summed E-state index contributed by atoms with van der Waals surface area (Å²) in [6.45, 7) is 16.3. The maximum atomic E-state index is 5.94. The SMILES string of the molecule is CNCC(C)(C)COCC(C)(C)c1cn(CC(C)C)nn1. The van der Waals surface area contributed by atoms with Crippen molar-refractivity contribution in [1.82, 2.24) is 20.3 Å². The molecule has 0 radical (unpaired) electrons. The van der Waals surface area contributed by atoms with Crippen LogP contribution in [-0.4, -0.2) is 41.8 Å². The van der Waals surface area contributed by atoms with Gasteiger partial charge in [0, 0.05) is 30.1 Å². The van der Waals surface area contributed by atoms with E-state index in [0.29, 0.717) is 12.5 Å². The van der Waals surface area contributed by atoms with Gasteiger partial charge in [0.15, 0.2) is 0 Å². The van der Waals surface area contributed by atoms with Crippen LogP contribution in [0.2, 0.25) is 0 Å². The molecule has 0 aromatic carbocycles. The molecule has 1 aromatic rings. The molecule has 5 nitrogen and oxygen atoms in total. The summed E-state index contributed by atoms with van der Waals surface area (Å²) in [6.07, 6.45) is 2.04. The third-order valence-corrected chi connectivity index (χ3v) is 3.40. The van der Waals surface area contributed by atoms with E-state index in [0.717, 1.165) is 25.4 Å². The van der Waals surface area contributed by atoms with Crippen molar-refractivity contribution in [3.63, 3.8) is 0 Å². The second-order valence-electron chi connectivity index (χ2n) is 7.79. The van der Waals surface area contributed by atoms with E-state index >= 15 is 0 Å². The molecule has 21 heavy (non-hydrogen) atoms. The maximum Gasteiger partial charge on any atom is 0.0906 e. The first-order valence-electron chi connectivity index (χ1n) is 7.79. The first kappa shape index (κ1) is 18.1. The quantitative estimate of drug-likeness (QED) is 0.760. The van der Waals surface area contributed by atoms with Crippen LogP contribution in [0.1, 0.15) is 47.2 Å². The van der Waals surface area contributed by atoms with E-state index in [1.807, 2.05) is 17.9 Å². The van der Waals surface area contributed by atoms with Gasteiger partial charge in [-0.25, -0.2) is 0 Å². The lowest BCUT2D eigenvalue weighted by Crippen LogP contribution is -2.34. The molecule has 0 bridgehead atoms. The minimum atomic E-state index is -0.120. The average Bonchev–Trinajstić information content (AvgIpc) is 2.76. The van der Waals surface area contributed by atoms with Crippen molar-refractivity contribution in [3.8, 4) is 0 Å². The first-order valence-corrected chi connectivity index (χ1v) is 7.79. The number of nitrogens with one attached hydrogen (secondary N) is 1. The number of nitrogens with zero attached hydrogens (tertiary/aromatic N) is 3. The number of ether oxygens (including phenoxy) is 1. The topological polar surface area (TPSA) is 52.0 Å². The van der Waals surface area contributed by atoms with Crippen LogP contribution in [0.15, 0.2) is 6.20 Å². The highest BCUT2D eigenvalue weighted by molar-refractivity contribution is 5.08. The average molecular weight is 296 g/mol. The zero-order valence-corrected chi connectivity index (χ0v) is 14.7. The van der Waals surface area contributed by atoms with E-state index in [1.165, 1.54) is 0 Å². The van der Waals surface area contributed by atoms with Gasteiger partial charge in [-0.05, 0) is 13.0 Å². The zero-order chi connectivity index (χ0) is 16.1. The van der Waals surface area contributed by atoms with E-state index in [2.05, 4.69) is 57.2 Å². The number of aromatic nitrogens is 3. The summed E-state index contributed by atoms with van der Waals surface area (Å²) in [6, 6.07) is 0. The monoisotopic (exact) mass is 296 g/mol. The molecular formula is C16H32N4O. The fraction of sp³-hybridized carbons (Fsp3) is 0.875. The molecule has 0 amide bonds. The normalized spacial score (nSPS) is 13.1. The summed E-state index contributed by atoms with van der Waals surface area (Å²) in [4.78, 5) is 0. The van der Waals surface area contributed by atoms with E-state index < -0.39 is 0 Å². The van der Waals surface area contributed by atoms with Crippen molar-refractivity contribution in [2.75, 3.05) is 26.8 Å². The van der Waals surface area contributed by atoms with Gasteiger partial charge < -0.3 is 10.1 Å². The maximum absolute atomic E-state index is 5.94. The molecule has 0 unspecified atom stereocenters. The molecule has 0 atom stereocenters. The van der Waals surface area contributed by atoms with Gasteiger partial charge in [-0.1, -0.05) is 46.8 Å². The molecule has 0 saturated heterocycles. The van der Waals surface area contributed by atoms with Crippen molar-refractivity contribution < 1.29 is 4.74 Å². The minimum Gasteiger partial charge on any atom is -0.380 e. The molecule has 1 heterocycles. The van der Waals surface area contributed by atoms with Gasteiger partial charge >= 0.3 is 0 Å². The molecule has 1 rings (SSSR count). The van der Waals surface area contributed by atoms with E-state index in [-0.39, 0.29) is 10.8 Å². The zero-order valence-electron chi connectivity index (χ0n) is 14.7. The van der Waals surface area contributed by atoms with Crippen LogP contribution in [0, 0.1) is 11.3 Å². The number of rotatable bonds is 9. The number of hydrogen-bond donors (Lipinski definition) is 1. The molecule has 122 valence electrons. The Morgan fingerprint density at radius 1 is 1.24 bits per heavy atom. The summed E-state index contributed by atoms with van der Waals surface area (Å²) in [5, 5.41) is 11.7. The molecule has 1 N–H and O–H groups in total. The van der Waals surface area contributed by atoms with Gasteiger partial charge in [-0.15, -0.1) is 5.10 Å². The van der Waals surface area contributed by atoms with Gasteiger partial charge in [0.2, 0.25) is 0 Å². The molecule has 0 aliphatic carbocycles. The highest BCUT2D eigenvalue weighted by Crippen LogP contribution is 2.23. The highest BCUT2D eigenvalue weighted by atomic mass is 16.5. The Hall–Kier alpha value is -0.940. The molecule has 0 aliphatic heterocycles. The van der Waals surface area contributed by atoms with Crippen LogP contribution in [0.3, 0.4) is 0 Å². The van der Waals surface area contributed by atoms with Crippen LogP contribution in [-0.2, 0) is 16.7 Å². The van der Waals surface area contributed by atoms with Gasteiger partial charge in [0.1, 0.15) is 0 Å². The van der Waals surface area contributed by atoms with E-state index in [9.17, 15) is 0 Å². The summed E-state index contributed by atoms with van der Waals surface area (Å²) >= 11 is 0. The largest absolute Gasteiger partial charge is 0.380 e. The Morgan fingerprint density at radius 2 is 1.90 bits per heavy atom. The van der Waals surface area contributed by atoms with Crippen LogP contribution < -0.4 is 5.32 Å². The number of hydrogen-bond acceptors (Lipinski definition) is 4. The first-order chi connectivity index (χ1) is 9.66. The molecule has 5 heteroatoms. The van der Waals surface area contributed by atoms with Crippen molar-refractivity contribution in [2.24, 2.45) is 11.3 Å². The third kappa shape index (κ3) is 6.14. The van der Waals surface area contributed by atoms with Gasteiger partial charge in [0.05, 0.1) is 18.9 Å². The van der Waals surface area contributed by atoms with Crippen molar-refractivity contribution in [2.45, 2.75) is 53.5 Å². The van der Waals surface area contributed by atoms with Gasteiger partial charge in [0.25, 0.3) is 0 Å². The fourth-order valence-electron chi connectivity index (χ4n) is 2.26. The van der Waals surface area contributed by atoms with Crippen LogP contribution >= 0.6 is 0 Å². The summed E-state index contributed by atoms with van der Waals surface area (Å²) in [7, 11) is 1.97. The van der Waals surface area contributed by atoms with E-state index in [1.54, 1.807) is 0 Å². The van der Waals surface area contributed by atoms with Crippen LogP contribution in [0.4, 0.5) is 0 Å². The van der Waals surface area contributed by atoms with Gasteiger partial charge in [-0.2, -0.15) is 0 Å². The Morgan fingerprint density at radius 3 is 2.48 bits per heavy atom. The predicted molar refractivity (Wildman–Crippen MR) is 86.4 cm³/mol. The van der Waals surface area contributed by atoms with E-state index in [4.69, 9.17) is 4.74 Å². The second-order valence-corrected chi connectivity index (χ2v) is 7.79. The fourth-order valence-corrected chi connectivity index (χ4v) is 2.26. The summed E-state index contributed by atoms with van der Waals surface area (Å²) in [5.41, 5.74) is 1.01. The Labute approximate surface area is 129 Å².